The van der Waals surface area contributed by atoms with Gasteiger partial charge in [-0.2, -0.15) is 0 Å². The summed E-state index contributed by atoms with van der Waals surface area (Å²) < 4.78 is 2.19. The fourth-order valence-electron chi connectivity index (χ4n) is 7.42. The molecule has 3 nitrogen and oxygen atoms in total. The zero-order chi connectivity index (χ0) is 32.5. The van der Waals surface area contributed by atoms with E-state index in [-0.39, 0.29) is 0 Å². The molecule has 0 saturated heterocycles. The van der Waals surface area contributed by atoms with Crippen LogP contribution in [-0.2, 0) is 0 Å². The molecule has 0 radical (unpaired) electrons. The molecule has 1 aromatic heterocycles. The van der Waals surface area contributed by atoms with Gasteiger partial charge in [0, 0.05) is 10.8 Å². The first-order valence-corrected chi connectivity index (χ1v) is 17.9. The first kappa shape index (κ1) is 29.0. The van der Waals surface area contributed by atoms with Crippen LogP contribution in [0.25, 0.3) is 48.3 Å². The predicted molar refractivity (Wildman–Crippen MR) is 202 cm³/mol. The molecule has 224 valence electrons. The van der Waals surface area contributed by atoms with Crippen LogP contribution < -0.4 is 20.7 Å². The van der Waals surface area contributed by atoms with Gasteiger partial charge in [-0.1, -0.05) is 152 Å². The van der Waals surface area contributed by atoms with Crippen molar-refractivity contribution in [3.8, 4) is 16.8 Å². The van der Waals surface area contributed by atoms with Crippen LogP contribution in [0, 0.1) is 13.1 Å². The molecule has 0 aliphatic rings. The number of hydrogen-bond acceptors (Lipinski definition) is 0. The van der Waals surface area contributed by atoms with E-state index in [4.69, 9.17) is 13.1 Å². The molecule has 0 atom stereocenters. The van der Waals surface area contributed by atoms with Crippen molar-refractivity contribution in [3.05, 3.63) is 199 Å². The van der Waals surface area contributed by atoms with Gasteiger partial charge in [0.05, 0.1) is 29.9 Å². The summed E-state index contributed by atoms with van der Waals surface area (Å²) >= 11 is 0. The van der Waals surface area contributed by atoms with E-state index in [1.807, 2.05) is 30.3 Å². The summed E-state index contributed by atoms with van der Waals surface area (Å²) in [7, 11) is -2.97. The van der Waals surface area contributed by atoms with Crippen molar-refractivity contribution in [2.24, 2.45) is 0 Å². The highest BCUT2D eigenvalue weighted by Gasteiger charge is 2.43. The van der Waals surface area contributed by atoms with Crippen LogP contribution in [0.1, 0.15) is 0 Å². The Morgan fingerprint density at radius 3 is 1.42 bits per heavy atom. The zero-order valence-electron chi connectivity index (χ0n) is 26.1. The maximum atomic E-state index is 8.40. The van der Waals surface area contributed by atoms with Crippen molar-refractivity contribution in [1.29, 1.82) is 0 Å². The van der Waals surface area contributed by atoms with Gasteiger partial charge in [0.1, 0.15) is 0 Å². The van der Waals surface area contributed by atoms with E-state index >= 15 is 0 Å². The van der Waals surface area contributed by atoms with Gasteiger partial charge >= 0.3 is 0 Å². The van der Waals surface area contributed by atoms with Crippen LogP contribution in [0.2, 0.25) is 0 Å². The van der Waals surface area contributed by atoms with Gasteiger partial charge in [-0.15, -0.1) is 0 Å². The molecule has 0 saturated carbocycles. The highest BCUT2D eigenvalue weighted by atomic mass is 28.3. The van der Waals surface area contributed by atoms with Crippen molar-refractivity contribution >= 4 is 62.0 Å². The predicted octanol–water partition coefficient (Wildman–Crippen LogP) is 8.93. The van der Waals surface area contributed by atoms with Crippen LogP contribution in [0.5, 0.6) is 0 Å². The largest absolute Gasteiger partial charge is 0.319 e. The zero-order valence-corrected chi connectivity index (χ0v) is 27.1. The van der Waals surface area contributed by atoms with Gasteiger partial charge in [-0.05, 0) is 56.1 Å². The smallest absolute Gasteiger partial charge is 0.211 e. The van der Waals surface area contributed by atoms with Gasteiger partial charge in [0.15, 0.2) is 13.8 Å². The third-order valence-corrected chi connectivity index (χ3v) is 14.2. The second kappa shape index (κ2) is 12.0. The van der Waals surface area contributed by atoms with E-state index in [1.54, 1.807) is 0 Å². The Morgan fingerprint density at radius 1 is 0.438 bits per heavy atom. The highest BCUT2D eigenvalue weighted by molar-refractivity contribution is 7.20. The van der Waals surface area contributed by atoms with Crippen molar-refractivity contribution in [3.63, 3.8) is 0 Å². The number of hydrogen-bond donors (Lipinski definition) is 0. The topological polar surface area (TPSA) is 13.7 Å². The third-order valence-electron chi connectivity index (χ3n) is 9.39. The molecular weight excluding hydrogens is 599 g/mol. The molecule has 0 spiro atoms. The molecule has 0 fully saturated rings. The van der Waals surface area contributed by atoms with E-state index in [0.29, 0.717) is 11.4 Å². The standard InChI is InChI=1S/C44H29N3Si/c1-45-38-25-16-28-43(48(33-17-6-3-7-18-33,34-19-8-4-9-20-34)35-21-10-5-11-22-35)44(38)32-29-30-42(39(31-32)46-2)47-40-26-14-12-23-36(40)37-24-13-15-27-41(37)47/h3-31H. The fourth-order valence-corrected chi connectivity index (χ4v) is 12.4. The van der Waals surface area contributed by atoms with Crippen molar-refractivity contribution < 1.29 is 0 Å². The first-order chi connectivity index (χ1) is 23.8. The molecule has 8 rings (SSSR count). The van der Waals surface area contributed by atoms with Crippen molar-refractivity contribution in [2.75, 3.05) is 0 Å². The summed E-state index contributed by atoms with van der Waals surface area (Å²) in [4.78, 5) is 8.21. The summed E-state index contributed by atoms with van der Waals surface area (Å²) in [6, 6.07) is 61.2. The molecular formula is C44H29N3Si. The lowest BCUT2D eigenvalue weighted by molar-refractivity contribution is 1.19. The molecule has 0 bridgehead atoms. The minimum atomic E-state index is -2.97. The van der Waals surface area contributed by atoms with Crippen molar-refractivity contribution in [2.45, 2.75) is 0 Å². The molecule has 0 N–H and O–H groups in total. The average molecular weight is 628 g/mol. The number of aromatic nitrogens is 1. The highest BCUT2D eigenvalue weighted by Crippen LogP contribution is 2.39. The third kappa shape index (κ3) is 4.48. The SMILES string of the molecule is [C-]#[N+]c1cc(-c2c([N+]#[C-])cccc2[Si](c2ccccc2)(c2ccccc2)c2ccccc2)ccc1-n1c2ccccc2c2ccccc21. The summed E-state index contributed by atoms with van der Waals surface area (Å²) in [5, 5.41) is 7.13. The number of nitrogens with zero attached hydrogens (tertiary/aromatic N) is 3. The molecule has 0 amide bonds. The lowest BCUT2D eigenvalue weighted by Gasteiger charge is -2.36. The summed E-state index contributed by atoms with van der Waals surface area (Å²) in [6.45, 7) is 16.8. The Morgan fingerprint density at radius 2 is 0.917 bits per heavy atom. The Labute approximate surface area is 281 Å². The van der Waals surface area contributed by atoms with Crippen LogP contribution in [-0.4, -0.2) is 12.6 Å². The van der Waals surface area contributed by atoms with Crippen LogP contribution >= 0.6 is 0 Å². The fraction of sp³-hybridized carbons (Fsp3) is 0. The van der Waals surface area contributed by atoms with Gasteiger partial charge in [-0.3, -0.25) is 0 Å². The number of para-hydroxylation sites is 2. The molecule has 1 heterocycles. The Hall–Kier alpha value is -6.46. The minimum absolute atomic E-state index is 0.538. The number of benzene rings is 7. The summed E-state index contributed by atoms with van der Waals surface area (Å²) in [5.41, 5.74) is 5.81. The van der Waals surface area contributed by atoms with E-state index in [2.05, 4.69) is 160 Å². The van der Waals surface area contributed by atoms with E-state index in [0.717, 1.165) is 43.8 Å². The minimum Gasteiger partial charge on any atom is -0.319 e. The quantitative estimate of drug-likeness (QED) is 0.0993. The van der Waals surface area contributed by atoms with E-state index in [1.165, 1.54) is 15.6 Å². The number of rotatable bonds is 6. The Balaban J connectivity index is 1.45. The van der Waals surface area contributed by atoms with E-state index in [9.17, 15) is 0 Å². The van der Waals surface area contributed by atoms with Gasteiger partial charge < -0.3 is 4.57 Å². The average Bonchev–Trinajstić information content (AvgIpc) is 3.50. The molecule has 48 heavy (non-hydrogen) atoms. The lowest BCUT2D eigenvalue weighted by Crippen LogP contribution is -2.75. The first-order valence-electron chi connectivity index (χ1n) is 15.9. The Bertz CT molecular complexity index is 2370. The van der Waals surface area contributed by atoms with Gasteiger partial charge in [0.2, 0.25) is 5.69 Å². The van der Waals surface area contributed by atoms with Gasteiger partial charge in [0.25, 0.3) is 0 Å². The molecule has 8 aromatic rings. The Kier molecular flexibility index (Phi) is 7.27. The maximum absolute atomic E-state index is 8.40. The second-order valence-corrected chi connectivity index (χ2v) is 15.6. The summed E-state index contributed by atoms with van der Waals surface area (Å²) in [6.07, 6.45) is 0. The van der Waals surface area contributed by atoms with Crippen LogP contribution in [0.4, 0.5) is 11.4 Å². The summed E-state index contributed by atoms with van der Waals surface area (Å²) in [5.74, 6) is 0. The van der Waals surface area contributed by atoms with Crippen molar-refractivity contribution in [1.82, 2.24) is 4.57 Å². The molecule has 0 unspecified atom stereocenters. The number of fused-ring (bicyclic) bond motifs is 3. The molecule has 4 heteroatoms. The monoisotopic (exact) mass is 627 g/mol. The molecule has 7 aromatic carbocycles. The van der Waals surface area contributed by atoms with Gasteiger partial charge in [-0.25, -0.2) is 9.69 Å². The van der Waals surface area contributed by atoms with E-state index < -0.39 is 8.07 Å². The molecule has 0 aliphatic carbocycles. The van der Waals surface area contributed by atoms with Crippen LogP contribution in [0.3, 0.4) is 0 Å². The van der Waals surface area contributed by atoms with Crippen LogP contribution in [0.15, 0.2) is 176 Å². The molecule has 0 aliphatic heterocycles. The second-order valence-electron chi connectivity index (χ2n) is 11.8. The lowest BCUT2D eigenvalue weighted by atomic mass is 10.0. The normalized spacial score (nSPS) is 11.3. The maximum Gasteiger partial charge on any atom is 0.211 e.